The van der Waals surface area contributed by atoms with Crippen LogP contribution in [0.4, 0.5) is 0 Å². The largest absolute Gasteiger partial charge is 0.481 e. The van der Waals surface area contributed by atoms with Gasteiger partial charge in [0.05, 0.1) is 18.4 Å². The van der Waals surface area contributed by atoms with Gasteiger partial charge in [0.1, 0.15) is 0 Å². The Labute approximate surface area is 141 Å². The molecule has 0 atom stereocenters. The van der Waals surface area contributed by atoms with Crippen molar-refractivity contribution in [1.29, 1.82) is 0 Å². The standard InChI is InChI=1S/C17H14O6S/c18-15(19)8-10-1-6-14(12(7-10)9-16(20)21)24-13-4-2-11(3-5-13)17(22)23/h1-7H,8-9H2,(H,18,19)(H,20,21)(H,22,23). The molecule has 0 spiro atoms. The summed E-state index contributed by atoms with van der Waals surface area (Å²) in [5, 5.41) is 26.8. The summed E-state index contributed by atoms with van der Waals surface area (Å²) in [7, 11) is 0. The van der Waals surface area contributed by atoms with Crippen molar-refractivity contribution in [3.05, 3.63) is 59.2 Å². The van der Waals surface area contributed by atoms with E-state index in [1.807, 2.05) is 0 Å². The maximum absolute atomic E-state index is 11.0. The van der Waals surface area contributed by atoms with Crippen molar-refractivity contribution >= 4 is 29.7 Å². The Morgan fingerprint density at radius 3 is 2.00 bits per heavy atom. The summed E-state index contributed by atoms with van der Waals surface area (Å²) in [4.78, 5) is 34.1. The SMILES string of the molecule is O=C(O)Cc1ccc(Sc2ccc(C(=O)O)cc2)c(CC(=O)O)c1. The Hall–Kier alpha value is -2.80. The molecule has 2 aromatic rings. The van der Waals surface area contributed by atoms with Crippen LogP contribution in [0.15, 0.2) is 52.3 Å². The van der Waals surface area contributed by atoms with Crippen molar-refractivity contribution in [1.82, 2.24) is 0 Å². The summed E-state index contributed by atoms with van der Waals surface area (Å²) in [6, 6.07) is 11.1. The molecule has 0 unspecified atom stereocenters. The normalized spacial score (nSPS) is 10.3. The van der Waals surface area contributed by atoms with Crippen molar-refractivity contribution in [2.45, 2.75) is 22.6 Å². The molecule has 124 valence electrons. The zero-order chi connectivity index (χ0) is 17.7. The molecule has 0 saturated carbocycles. The lowest BCUT2D eigenvalue weighted by Crippen LogP contribution is -2.05. The number of aliphatic carboxylic acids is 2. The molecule has 3 N–H and O–H groups in total. The first kappa shape index (κ1) is 17.6. The highest BCUT2D eigenvalue weighted by Gasteiger charge is 2.12. The molecule has 0 bridgehead atoms. The number of rotatable bonds is 7. The monoisotopic (exact) mass is 346 g/mol. The molecule has 0 radical (unpaired) electrons. The van der Waals surface area contributed by atoms with Crippen molar-refractivity contribution in [2.75, 3.05) is 0 Å². The van der Waals surface area contributed by atoms with Crippen molar-refractivity contribution in [3.8, 4) is 0 Å². The number of hydrogen-bond donors (Lipinski definition) is 3. The fourth-order valence-electron chi connectivity index (χ4n) is 2.11. The molecule has 0 aliphatic carbocycles. The first-order valence-electron chi connectivity index (χ1n) is 6.92. The van der Waals surface area contributed by atoms with E-state index in [4.69, 9.17) is 15.3 Å². The second kappa shape index (κ2) is 7.65. The molecule has 0 aliphatic rings. The van der Waals surface area contributed by atoms with Gasteiger partial charge >= 0.3 is 17.9 Å². The average Bonchev–Trinajstić information content (AvgIpc) is 2.49. The van der Waals surface area contributed by atoms with E-state index < -0.39 is 17.9 Å². The van der Waals surface area contributed by atoms with Gasteiger partial charge in [0.15, 0.2) is 0 Å². The fraction of sp³-hybridized carbons (Fsp3) is 0.118. The molecule has 24 heavy (non-hydrogen) atoms. The van der Waals surface area contributed by atoms with E-state index >= 15 is 0 Å². The first-order valence-corrected chi connectivity index (χ1v) is 7.73. The van der Waals surface area contributed by atoms with E-state index in [1.165, 1.54) is 23.9 Å². The quantitative estimate of drug-likeness (QED) is 0.706. The number of carboxylic acid groups (broad SMARTS) is 3. The summed E-state index contributed by atoms with van der Waals surface area (Å²) in [5.74, 6) is -3.01. The third-order valence-electron chi connectivity index (χ3n) is 3.15. The molecule has 0 aliphatic heterocycles. The van der Waals surface area contributed by atoms with Gasteiger partial charge in [-0.25, -0.2) is 4.79 Å². The molecule has 7 heteroatoms. The van der Waals surface area contributed by atoms with Crippen LogP contribution in [0.1, 0.15) is 21.5 Å². The van der Waals surface area contributed by atoms with E-state index in [9.17, 15) is 14.4 Å². The van der Waals surface area contributed by atoms with Crippen LogP contribution < -0.4 is 0 Å². The lowest BCUT2D eigenvalue weighted by molar-refractivity contribution is -0.137. The topological polar surface area (TPSA) is 112 Å². The predicted octanol–water partition coefficient (Wildman–Crippen LogP) is 2.79. The summed E-state index contributed by atoms with van der Waals surface area (Å²) in [6.45, 7) is 0. The van der Waals surface area contributed by atoms with Crippen LogP contribution in [0.2, 0.25) is 0 Å². The fourth-order valence-corrected chi connectivity index (χ4v) is 3.03. The van der Waals surface area contributed by atoms with Crippen LogP contribution >= 0.6 is 11.8 Å². The summed E-state index contributed by atoms with van der Waals surface area (Å²) < 4.78 is 0. The minimum Gasteiger partial charge on any atom is -0.481 e. The molecule has 2 rings (SSSR count). The van der Waals surface area contributed by atoms with Crippen LogP contribution in [-0.2, 0) is 22.4 Å². The molecule has 0 fully saturated rings. The highest BCUT2D eigenvalue weighted by molar-refractivity contribution is 7.99. The number of hydrogen-bond acceptors (Lipinski definition) is 4. The zero-order valence-corrected chi connectivity index (χ0v) is 13.2. The molecule has 0 aromatic heterocycles. The molecule has 0 saturated heterocycles. The van der Waals surface area contributed by atoms with Gasteiger partial charge < -0.3 is 15.3 Å². The van der Waals surface area contributed by atoms with Crippen LogP contribution in [-0.4, -0.2) is 33.2 Å². The summed E-state index contributed by atoms with van der Waals surface area (Å²) >= 11 is 1.30. The predicted molar refractivity (Wildman–Crippen MR) is 86.6 cm³/mol. The second-order valence-electron chi connectivity index (χ2n) is 5.01. The minimum atomic E-state index is -1.02. The Balaban J connectivity index is 2.28. The van der Waals surface area contributed by atoms with Crippen LogP contribution in [0.25, 0.3) is 0 Å². The van der Waals surface area contributed by atoms with Gasteiger partial charge in [0.2, 0.25) is 0 Å². The third kappa shape index (κ3) is 4.85. The van der Waals surface area contributed by atoms with Gasteiger partial charge in [-0.2, -0.15) is 0 Å². The average molecular weight is 346 g/mol. The van der Waals surface area contributed by atoms with Crippen LogP contribution in [0.3, 0.4) is 0 Å². The second-order valence-corrected chi connectivity index (χ2v) is 6.13. The van der Waals surface area contributed by atoms with Gasteiger partial charge in [-0.1, -0.05) is 23.9 Å². The number of benzene rings is 2. The summed E-state index contributed by atoms with van der Waals surface area (Å²) in [6.07, 6.45) is -0.395. The number of aromatic carboxylic acids is 1. The summed E-state index contributed by atoms with van der Waals surface area (Å²) in [5.41, 5.74) is 1.22. The van der Waals surface area contributed by atoms with Crippen LogP contribution in [0.5, 0.6) is 0 Å². The lowest BCUT2D eigenvalue weighted by Gasteiger charge is -2.10. The van der Waals surface area contributed by atoms with Crippen molar-refractivity contribution < 1.29 is 29.7 Å². The van der Waals surface area contributed by atoms with E-state index in [-0.39, 0.29) is 18.4 Å². The van der Waals surface area contributed by atoms with Gasteiger partial charge in [-0.05, 0) is 41.5 Å². The highest BCUT2D eigenvalue weighted by Crippen LogP contribution is 2.31. The molecule has 0 heterocycles. The Kier molecular flexibility index (Phi) is 5.59. The highest BCUT2D eigenvalue weighted by atomic mass is 32.2. The van der Waals surface area contributed by atoms with E-state index in [0.717, 1.165) is 4.90 Å². The molecular weight excluding hydrogens is 332 g/mol. The zero-order valence-electron chi connectivity index (χ0n) is 12.4. The van der Waals surface area contributed by atoms with Gasteiger partial charge in [0, 0.05) is 9.79 Å². The molecule has 6 nitrogen and oxygen atoms in total. The van der Waals surface area contributed by atoms with Crippen LogP contribution in [0, 0.1) is 0 Å². The maximum Gasteiger partial charge on any atom is 0.335 e. The van der Waals surface area contributed by atoms with Gasteiger partial charge in [-0.3, -0.25) is 9.59 Å². The van der Waals surface area contributed by atoms with Gasteiger partial charge in [-0.15, -0.1) is 0 Å². The Morgan fingerprint density at radius 1 is 0.833 bits per heavy atom. The van der Waals surface area contributed by atoms with Gasteiger partial charge in [0.25, 0.3) is 0 Å². The lowest BCUT2D eigenvalue weighted by atomic mass is 10.1. The van der Waals surface area contributed by atoms with E-state index in [0.29, 0.717) is 16.0 Å². The molecule has 0 amide bonds. The van der Waals surface area contributed by atoms with E-state index in [1.54, 1.807) is 30.3 Å². The minimum absolute atomic E-state index is 0.168. The number of carbonyl (C=O) groups is 3. The maximum atomic E-state index is 11.0. The Bertz CT molecular complexity index is 782. The smallest absolute Gasteiger partial charge is 0.335 e. The first-order chi connectivity index (χ1) is 11.3. The number of carboxylic acids is 3. The van der Waals surface area contributed by atoms with E-state index in [2.05, 4.69) is 0 Å². The van der Waals surface area contributed by atoms with Crippen molar-refractivity contribution in [2.24, 2.45) is 0 Å². The Morgan fingerprint density at radius 2 is 1.46 bits per heavy atom. The third-order valence-corrected chi connectivity index (χ3v) is 4.28. The molecule has 2 aromatic carbocycles. The molecular formula is C17H14O6S. The van der Waals surface area contributed by atoms with Crippen molar-refractivity contribution in [3.63, 3.8) is 0 Å².